The van der Waals surface area contributed by atoms with Gasteiger partial charge in [-0.3, -0.25) is 0 Å². The molecule has 0 amide bonds. The van der Waals surface area contributed by atoms with Gasteiger partial charge in [0, 0.05) is 0 Å². The van der Waals surface area contributed by atoms with E-state index in [1.165, 1.54) is 0 Å². The van der Waals surface area contributed by atoms with Crippen LogP contribution in [-0.4, -0.2) is 22.7 Å². The molecule has 0 fully saturated rings. The van der Waals surface area contributed by atoms with Crippen LogP contribution >= 0.6 is 0 Å². The number of hydrogen-bond donors (Lipinski definition) is 0. The van der Waals surface area contributed by atoms with E-state index in [1.54, 1.807) is 0 Å². The van der Waals surface area contributed by atoms with Crippen LogP contribution in [0.25, 0.3) is 0 Å². The van der Waals surface area contributed by atoms with E-state index in [9.17, 15) is 0 Å². The summed E-state index contributed by atoms with van der Waals surface area (Å²) in [5, 5.41) is 0. The van der Waals surface area contributed by atoms with Crippen molar-refractivity contribution in [2.24, 2.45) is 0 Å². The van der Waals surface area contributed by atoms with Gasteiger partial charge < -0.3 is 0 Å². The van der Waals surface area contributed by atoms with Crippen molar-refractivity contribution in [3.05, 3.63) is 0 Å². The van der Waals surface area contributed by atoms with E-state index in [-0.39, 0.29) is 0 Å². The Morgan fingerprint density at radius 2 is 0.615 bits per heavy atom. The minimum atomic E-state index is -1.72. The number of rotatable bonds is 0. The first-order valence-corrected chi connectivity index (χ1v) is 12.1. The predicted octanol–water partition coefficient (Wildman–Crippen LogP) is 4.61. The molecular weight excluding hydrogens is 351 g/mol. The fourth-order valence-corrected chi connectivity index (χ4v) is 34.2. The Morgan fingerprint density at radius 3 is 0.615 bits per heavy atom. The molecule has 0 nitrogen and oxygen atoms in total. The maximum atomic E-state index is 2.45. The first-order chi connectivity index (χ1) is 5.37. The van der Waals surface area contributed by atoms with Crippen molar-refractivity contribution in [2.75, 3.05) is 0 Å². The van der Waals surface area contributed by atoms with E-state index in [2.05, 4.69) is 62.3 Å². The van der Waals surface area contributed by atoms with Crippen molar-refractivity contribution in [2.45, 2.75) is 71.2 Å². The van der Waals surface area contributed by atoms with Gasteiger partial charge in [0.05, 0.1) is 0 Å². The normalized spacial score (nSPS) is 15.2. The summed E-state index contributed by atoms with van der Waals surface area (Å²) in [4.78, 5) is 0. The molecule has 80 valence electrons. The molecule has 0 aliphatic rings. The van der Waals surface area contributed by atoms with Gasteiger partial charge in [0.15, 0.2) is 0 Å². The van der Waals surface area contributed by atoms with Gasteiger partial charge in [-0.1, -0.05) is 0 Å². The Bertz CT molecular complexity index is 128. The summed E-state index contributed by atoms with van der Waals surface area (Å²) in [7, 11) is 0. The Hall–Kier alpha value is 0.922. The summed E-state index contributed by atoms with van der Waals surface area (Å²) in [6.45, 7) is 22.1. The maximum absolute atomic E-state index is 2.45. The van der Waals surface area contributed by atoms with Crippen molar-refractivity contribution >= 4 is 22.7 Å². The van der Waals surface area contributed by atoms with Crippen LogP contribution in [0.15, 0.2) is 0 Å². The van der Waals surface area contributed by atoms with Gasteiger partial charge in [0.2, 0.25) is 0 Å². The average Bonchev–Trinajstić information content (AvgIpc) is 1.44. The summed E-state index contributed by atoms with van der Waals surface area (Å²) in [5.41, 5.74) is 0. The Morgan fingerprint density at radius 1 is 0.462 bits per heavy atom. The third kappa shape index (κ3) is 4.31. The Labute approximate surface area is 93.6 Å². The van der Waals surface area contributed by atoms with E-state index in [4.69, 9.17) is 0 Å². The fourth-order valence-electron chi connectivity index (χ4n) is 3.90. The second-order valence-electron chi connectivity index (χ2n) is 7.53. The van der Waals surface area contributed by atoms with Gasteiger partial charge in [0.25, 0.3) is 0 Å². The van der Waals surface area contributed by atoms with Crippen LogP contribution in [0.3, 0.4) is 0 Å². The van der Waals surface area contributed by atoms with Gasteiger partial charge in [-0.25, -0.2) is 0 Å². The zero-order valence-corrected chi connectivity index (χ0v) is 15.6. The standard InChI is InChI=1S/3C4H9.Pb.H/c3*1-4(2)3;;/h3*1-3H3;;. The molecule has 0 rings (SSSR count). The van der Waals surface area contributed by atoms with Crippen molar-refractivity contribution in [1.82, 2.24) is 0 Å². The molecule has 0 atom stereocenters. The van der Waals surface area contributed by atoms with Gasteiger partial charge >= 0.3 is 93.9 Å². The second-order valence-corrected chi connectivity index (χ2v) is 31.1. The summed E-state index contributed by atoms with van der Waals surface area (Å²) >= 11 is -1.72. The van der Waals surface area contributed by atoms with Crippen molar-refractivity contribution in [3.8, 4) is 0 Å². The molecule has 0 saturated heterocycles. The molecule has 1 heteroatoms. The van der Waals surface area contributed by atoms with Crippen LogP contribution in [0.4, 0.5) is 0 Å². The van der Waals surface area contributed by atoms with E-state index in [0.717, 1.165) is 0 Å². The fraction of sp³-hybridized carbons (Fsp3) is 1.00. The molecule has 0 spiro atoms. The van der Waals surface area contributed by atoms with Gasteiger partial charge in [-0.05, 0) is 0 Å². The van der Waals surface area contributed by atoms with Crippen molar-refractivity contribution in [3.63, 3.8) is 0 Å². The van der Waals surface area contributed by atoms with Gasteiger partial charge in [0.1, 0.15) is 0 Å². The van der Waals surface area contributed by atoms with Crippen LogP contribution < -0.4 is 0 Å². The first-order valence-electron chi connectivity index (χ1n) is 5.37. The van der Waals surface area contributed by atoms with E-state index in [1.807, 2.05) is 0 Å². The second kappa shape index (κ2) is 3.82. The molecule has 0 aliphatic carbocycles. The SMILES string of the molecule is C[C](C)(C)[PbH]([C](C)(C)C)[C](C)(C)C. The Balaban J connectivity index is 5.02. The van der Waals surface area contributed by atoms with Crippen LogP contribution in [0.1, 0.15) is 62.3 Å². The van der Waals surface area contributed by atoms with E-state index < -0.39 is 22.7 Å². The molecule has 0 bridgehead atoms. The predicted molar refractivity (Wildman–Crippen MR) is 66.3 cm³/mol. The van der Waals surface area contributed by atoms with E-state index in [0.29, 0.717) is 8.92 Å². The van der Waals surface area contributed by atoms with Crippen LogP contribution in [0, 0.1) is 0 Å². The topological polar surface area (TPSA) is 0 Å². The third-order valence-corrected chi connectivity index (χ3v) is 22.8. The zero-order chi connectivity index (χ0) is 11.1. The monoisotopic (exact) mass is 380 g/mol. The molecule has 0 aromatic rings. The van der Waals surface area contributed by atoms with Gasteiger partial charge in [-0.2, -0.15) is 0 Å². The quantitative estimate of drug-likeness (QED) is 0.539. The van der Waals surface area contributed by atoms with Crippen molar-refractivity contribution in [1.29, 1.82) is 0 Å². The molecule has 13 heavy (non-hydrogen) atoms. The molecule has 0 N–H and O–H groups in total. The van der Waals surface area contributed by atoms with Crippen molar-refractivity contribution < 1.29 is 0 Å². The number of hydrogen-bond acceptors (Lipinski definition) is 0. The average molecular weight is 380 g/mol. The molecule has 0 aromatic carbocycles. The zero-order valence-electron chi connectivity index (χ0n) is 11.1. The molecule has 0 aliphatic heterocycles. The summed E-state index contributed by atoms with van der Waals surface area (Å²) in [6.07, 6.45) is 0. The van der Waals surface area contributed by atoms with Gasteiger partial charge in [-0.15, -0.1) is 0 Å². The van der Waals surface area contributed by atoms with Crippen LogP contribution in [-0.2, 0) is 0 Å². The molecule has 0 heterocycles. The van der Waals surface area contributed by atoms with Crippen LogP contribution in [0.5, 0.6) is 0 Å². The molecule has 0 radical (unpaired) electrons. The molecule has 0 saturated carbocycles. The minimum absolute atomic E-state index is 0.608. The molecule has 0 unspecified atom stereocenters. The Kier molecular flexibility index (Phi) is 4.09. The molecule has 0 aromatic heterocycles. The van der Waals surface area contributed by atoms with Crippen LogP contribution in [0.2, 0.25) is 8.92 Å². The summed E-state index contributed by atoms with van der Waals surface area (Å²) in [6, 6.07) is 0. The summed E-state index contributed by atoms with van der Waals surface area (Å²) in [5.74, 6) is 0. The first kappa shape index (κ1) is 13.9. The summed E-state index contributed by atoms with van der Waals surface area (Å²) < 4.78 is 1.82. The third-order valence-electron chi connectivity index (χ3n) is 2.60. The molecular formula is C12H28Pb. The van der Waals surface area contributed by atoms with E-state index >= 15 is 0 Å².